The molecule has 0 unspecified atom stereocenters. The van der Waals surface area contributed by atoms with Crippen molar-refractivity contribution in [3.63, 3.8) is 0 Å². The summed E-state index contributed by atoms with van der Waals surface area (Å²) in [6.07, 6.45) is 0.647. The van der Waals surface area contributed by atoms with Gasteiger partial charge in [0.1, 0.15) is 5.75 Å². The third kappa shape index (κ3) is 4.32. The number of hydrogen-bond donors (Lipinski definition) is 2. The monoisotopic (exact) mass is 312 g/mol. The van der Waals surface area contributed by atoms with Crippen molar-refractivity contribution < 1.29 is 14.3 Å². The molecule has 2 N–H and O–H groups in total. The van der Waals surface area contributed by atoms with E-state index in [1.165, 1.54) is 0 Å². The minimum Gasteiger partial charge on any atom is -0.497 e. The zero-order valence-electron chi connectivity index (χ0n) is 13.2. The van der Waals surface area contributed by atoms with Crippen LogP contribution in [0.1, 0.15) is 35.2 Å². The van der Waals surface area contributed by atoms with Crippen LogP contribution in [0.15, 0.2) is 54.6 Å². The van der Waals surface area contributed by atoms with Gasteiger partial charge in [0.05, 0.1) is 13.0 Å². The average molecular weight is 312 g/mol. The van der Waals surface area contributed by atoms with E-state index in [2.05, 4.69) is 10.9 Å². The maximum atomic E-state index is 12.3. The molecule has 0 radical (unpaired) electrons. The number of nitrogens with one attached hydrogen (secondary N) is 2. The lowest BCUT2D eigenvalue weighted by Crippen LogP contribution is -2.43. The Hall–Kier alpha value is -2.82. The number of hydrogen-bond acceptors (Lipinski definition) is 3. The van der Waals surface area contributed by atoms with E-state index in [0.717, 1.165) is 5.56 Å². The van der Waals surface area contributed by atoms with Crippen LogP contribution in [-0.2, 0) is 4.79 Å². The third-order valence-corrected chi connectivity index (χ3v) is 3.58. The normalized spacial score (nSPS) is 11.4. The van der Waals surface area contributed by atoms with Gasteiger partial charge in [-0.15, -0.1) is 0 Å². The first-order valence-electron chi connectivity index (χ1n) is 7.45. The highest BCUT2D eigenvalue weighted by Crippen LogP contribution is 2.18. The summed E-state index contributed by atoms with van der Waals surface area (Å²) in [6, 6.07) is 16.1. The van der Waals surface area contributed by atoms with Crippen molar-refractivity contribution in [2.75, 3.05) is 7.11 Å². The molecule has 5 heteroatoms. The maximum absolute atomic E-state index is 12.3. The predicted molar refractivity (Wildman–Crippen MR) is 88.1 cm³/mol. The molecule has 120 valence electrons. The highest BCUT2D eigenvalue weighted by atomic mass is 16.5. The summed E-state index contributed by atoms with van der Waals surface area (Å²) in [5.74, 6) is -0.238. The lowest BCUT2D eigenvalue weighted by Gasteiger charge is -2.16. The number of methoxy groups -OCH3 is 1. The number of rotatable bonds is 5. The van der Waals surface area contributed by atoms with Gasteiger partial charge in [0.25, 0.3) is 5.91 Å². The van der Waals surface area contributed by atoms with E-state index in [4.69, 9.17) is 4.74 Å². The van der Waals surface area contributed by atoms with Gasteiger partial charge in [0.2, 0.25) is 5.91 Å². The number of hydrazine groups is 1. The molecule has 0 aliphatic carbocycles. The maximum Gasteiger partial charge on any atom is 0.269 e. The number of carbonyl (C=O) groups excluding carboxylic acids is 2. The quantitative estimate of drug-likeness (QED) is 0.834. The van der Waals surface area contributed by atoms with Crippen LogP contribution in [0.4, 0.5) is 0 Å². The summed E-state index contributed by atoms with van der Waals surface area (Å²) in [5, 5.41) is 0. The van der Waals surface area contributed by atoms with Crippen LogP contribution in [0.3, 0.4) is 0 Å². The standard InChI is InChI=1S/C18H20N2O3/c1-3-16(13-7-5-4-6-8-13)18(22)20-19-17(21)14-9-11-15(23-2)12-10-14/h4-12,16H,3H2,1-2H3,(H,19,21)(H,20,22)/t16-/m1/s1. The highest BCUT2D eigenvalue weighted by molar-refractivity contribution is 5.96. The first kappa shape index (κ1) is 16.5. The van der Waals surface area contributed by atoms with E-state index in [-0.39, 0.29) is 17.7 Å². The van der Waals surface area contributed by atoms with E-state index in [1.807, 2.05) is 37.3 Å². The van der Waals surface area contributed by atoms with Gasteiger partial charge in [0.15, 0.2) is 0 Å². The van der Waals surface area contributed by atoms with Gasteiger partial charge < -0.3 is 4.74 Å². The first-order chi connectivity index (χ1) is 11.2. The van der Waals surface area contributed by atoms with Crippen molar-refractivity contribution in [1.29, 1.82) is 0 Å². The van der Waals surface area contributed by atoms with Gasteiger partial charge in [-0.1, -0.05) is 37.3 Å². The summed E-state index contributed by atoms with van der Waals surface area (Å²) in [7, 11) is 1.56. The third-order valence-electron chi connectivity index (χ3n) is 3.58. The lowest BCUT2D eigenvalue weighted by molar-refractivity contribution is -0.123. The van der Waals surface area contributed by atoms with E-state index in [9.17, 15) is 9.59 Å². The van der Waals surface area contributed by atoms with Gasteiger partial charge in [-0.25, -0.2) is 0 Å². The Labute approximate surface area is 135 Å². The molecule has 0 bridgehead atoms. The molecule has 0 aliphatic rings. The van der Waals surface area contributed by atoms with Crippen LogP contribution in [-0.4, -0.2) is 18.9 Å². The largest absolute Gasteiger partial charge is 0.497 e. The molecule has 2 amide bonds. The molecule has 0 aromatic heterocycles. The van der Waals surface area contributed by atoms with Gasteiger partial charge in [-0.3, -0.25) is 20.4 Å². The summed E-state index contributed by atoms with van der Waals surface area (Å²) in [5.41, 5.74) is 6.30. The van der Waals surface area contributed by atoms with Crippen molar-refractivity contribution in [3.05, 3.63) is 65.7 Å². The summed E-state index contributed by atoms with van der Waals surface area (Å²) in [4.78, 5) is 24.3. The summed E-state index contributed by atoms with van der Waals surface area (Å²) < 4.78 is 5.04. The Kier molecular flexibility index (Phi) is 5.74. The Morgan fingerprint density at radius 1 is 1.00 bits per heavy atom. The Morgan fingerprint density at radius 3 is 2.22 bits per heavy atom. The molecule has 2 aromatic carbocycles. The Bertz CT molecular complexity index is 654. The van der Waals surface area contributed by atoms with Crippen molar-refractivity contribution in [3.8, 4) is 5.75 Å². The van der Waals surface area contributed by atoms with E-state index < -0.39 is 0 Å². The fourth-order valence-corrected chi connectivity index (χ4v) is 2.28. The van der Waals surface area contributed by atoms with Gasteiger partial charge >= 0.3 is 0 Å². The number of carbonyl (C=O) groups is 2. The molecular weight excluding hydrogens is 292 g/mol. The molecule has 0 saturated heterocycles. The molecule has 2 aromatic rings. The van der Waals surface area contributed by atoms with E-state index >= 15 is 0 Å². The van der Waals surface area contributed by atoms with Crippen molar-refractivity contribution in [1.82, 2.24) is 10.9 Å². The number of ether oxygens (including phenoxy) is 1. The first-order valence-corrected chi connectivity index (χ1v) is 7.45. The smallest absolute Gasteiger partial charge is 0.269 e. The van der Waals surface area contributed by atoms with Crippen molar-refractivity contribution >= 4 is 11.8 Å². The second-order valence-electron chi connectivity index (χ2n) is 5.04. The summed E-state index contributed by atoms with van der Waals surface area (Å²) >= 11 is 0. The van der Waals surface area contributed by atoms with Gasteiger partial charge in [-0.2, -0.15) is 0 Å². The molecule has 5 nitrogen and oxygen atoms in total. The molecule has 0 fully saturated rings. The Balaban J connectivity index is 1.95. The van der Waals surface area contributed by atoms with Crippen molar-refractivity contribution in [2.45, 2.75) is 19.3 Å². The van der Waals surface area contributed by atoms with Crippen LogP contribution in [0, 0.1) is 0 Å². The second kappa shape index (κ2) is 7.98. The van der Waals surface area contributed by atoms with Crippen LogP contribution < -0.4 is 15.6 Å². The molecule has 23 heavy (non-hydrogen) atoms. The number of benzene rings is 2. The average Bonchev–Trinajstić information content (AvgIpc) is 2.61. The zero-order valence-corrected chi connectivity index (χ0v) is 13.2. The molecule has 2 rings (SSSR count). The lowest BCUT2D eigenvalue weighted by atomic mass is 9.96. The van der Waals surface area contributed by atoms with E-state index in [0.29, 0.717) is 17.7 Å². The molecule has 0 spiro atoms. The topological polar surface area (TPSA) is 67.4 Å². The van der Waals surface area contributed by atoms with Crippen LogP contribution in [0.2, 0.25) is 0 Å². The van der Waals surface area contributed by atoms with Crippen LogP contribution in [0.25, 0.3) is 0 Å². The van der Waals surface area contributed by atoms with E-state index in [1.54, 1.807) is 31.4 Å². The Morgan fingerprint density at radius 2 is 1.65 bits per heavy atom. The minimum atomic E-state index is -0.371. The predicted octanol–water partition coefficient (Wildman–Crippen LogP) is 2.65. The van der Waals surface area contributed by atoms with Crippen LogP contribution >= 0.6 is 0 Å². The van der Waals surface area contributed by atoms with Gasteiger partial charge in [-0.05, 0) is 36.2 Å². The minimum absolute atomic E-state index is 0.236. The SMILES string of the molecule is CC[C@@H](C(=O)NNC(=O)c1ccc(OC)cc1)c1ccccc1. The van der Waals surface area contributed by atoms with Crippen LogP contribution in [0.5, 0.6) is 5.75 Å². The molecule has 0 aliphatic heterocycles. The second-order valence-corrected chi connectivity index (χ2v) is 5.04. The molecule has 0 heterocycles. The van der Waals surface area contributed by atoms with Gasteiger partial charge in [0, 0.05) is 5.56 Å². The molecular formula is C18H20N2O3. The molecule has 0 saturated carbocycles. The highest BCUT2D eigenvalue weighted by Gasteiger charge is 2.19. The fourth-order valence-electron chi connectivity index (χ4n) is 2.28. The summed E-state index contributed by atoms with van der Waals surface area (Å²) in [6.45, 7) is 1.93. The zero-order chi connectivity index (χ0) is 16.7. The molecule has 1 atom stereocenters. The fraction of sp³-hybridized carbons (Fsp3) is 0.222. The van der Waals surface area contributed by atoms with Crippen molar-refractivity contribution in [2.24, 2.45) is 0 Å². The number of amides is 2.